The molecule has 1 aliphatic heterocycles. The predicted molar refractivity (Wildman–Crippen MR) is 122 cm³/mol. The Labute approximate surface area is 190 Å². The first-order valence-electron chi connectivity index (χ1n) is 10.7. The van der Waals surface area contributed by atoms with Crippen LogP contribution in [0.4, 0.5) is 8.78 Å². The maximum Gasteiger partial charge on any atom is 0.266 e. The first-order valence-corrected chi connectivity index (χ1v) is 10.7. The summed E-state index contributed by atoms with van der Waals surface area (Å²) >= 11 is 0. The highest BCUT2D eigenvalue weighted by Gasteiger charge is 2.52. The molecule has 1 aliphatic carbocycles. The molecule has 3 aromatic rings. The van der Waals surface area contributed by atoms with Crippen LogP contribution in [0, 0.1) is 18.6 Å². The van der Waals surface area contributed by atoms with Gasteiger partial charge in [0, 0.05) is 13.1 Å². The number of aryl methyl sites for hydroxylation is 1. The number of benzene rings is 3. The Bertz CT molecular complexity index is 1330. The molecule has 0 fully saturated rings. The van der Waals surface area contributed by atoms with Crippen LogP contribution in [-0.4, -0.2) is 30.9 Å². The van der Waals surface area contributed by atoms with Gasteiger partial charge < -0.3 is 10.5 Å². The summed E-state index contributed by atoms with van der Waals surface area (Å²) in [6.45, 7) is 1.97. The van der Waals surface area contributed by atoms with Crippen molar-refractivity contribution in [3.63, 3.8) is 0 Å². The van der Waals surface area contributed by atoms with Crippen LogP contribution in [-0.2, 0) is 23.2 Å². The van der Waals surface area contributed by atoms with Crippen LogP contribution < -0.4 is 10.5 Å². The van der Waals surface area contributed by atoms with E-state index in [1.807, 2.05) is 37.3 Å². The number of methoxy groups -OCH3 is 1. The number of ether oxygens (including phenoxy) is 1. The van der Waals surface area contributed by atoms with Crippen molar-refractivity contribution in [3.8, 4) is 16.9 Å². The second kappa shape index (κ2) is 7.40. The lowest BCUT2D eigenvalue weighted by Gasteiger charge is -2.29. The molecule has 1 heterocycles. The summed E-state index contributed by atoms with van der Waals surface area (Å²) < 4.78 is 33.4. The Morgan fingerprint density at radius 3 is 2.36 bits per heavy atom. The van der Waals surface area contributed by atoms with Gasteiger partial charge in [0.05, 0.1) is 7.11 Å². The van der Waals surface area contributed by atoms with Gasteiger partial charge in [-0.2, -0.15) is 0 Å². The number of nitrogens with zero attached hydrogens (tertiary/aromatic N) is 2. The lowest BCUT2D eigenvalue weighted by atomic mass is 9.78. The van der Waals surface area contributed by atoms with E-state index in [0.717, 1.165) is 34.1 Å². The molecule has 0 radical (unpaired) electrons. The SMILES string of the molecule is COc1ccc2c(c1C)CCc1ccc(-c3cc(F)cc(F)c3)cc1C21N=C(N)N(C)C1=O. The van der Waals surface area contributed by atoms with Crippen molar-refractivity contribution in [3.05, 3.63) is 88.0 Å². The fourth-order valence-corrected chi connectivity index (χ4v) is 5.05. The summed E-state index contributed by atoms with van der Waals surface area (Å²) in [6.07, 6.45) is 1.36. The zero-order valence-corrected chi connectivity index (χ0v) is 18.6. The second-order valence-corrected chi connectivity index (χ2v) is 8.49. The smallest absolute Gasteiger partial charge is 0.266 e. The first-order chi connectivity index (χ1) is 15.8. The highest BCUT2D eigenvalue weighted by atomic mass is 19.1. The minimum atomic E-state index is -1.38. The number of hydrogen-bond donors (Lipinski definition) is 1. The van der Waals surface area contributed by atoms with E-state index in [1.165, 1.54) is 17.0 Å². The summed E-state index contributed by atoms with van der Waals surface area (Å²) in [5.41, 5.74) is 10.1. The number of rotatable bonds is 2. The minimum Gasteiger partial charge on any atom is -0.496 e. The lowest BCUT2D eigenvalue weighted by Crippen LogP contribution is -2.41. The van der Waals surface area contributed by atoms with E-state index < -0.39 is 17.2 Å². The van der Waals surface area contributed by atoms with Gasteiger partial charge in [-0.15, -0.1) is 0 Å². The Morgan fingerprint density at radius 1 is 1.00 bits per heavy atom. The predicted octanol–water partition coefficient (Wildman–Crippen LogP) is 4.08. The molecule has 33 heavy (non-hydrogen) atoms. The Kier molecular flexibility index (Phi) is 4.74. The van der Waals surface area contributed by atoms with E-state index in [1.54, 1.807) is 14.2 Å². The Morgan fingerprint density at radius 2 is 1.73 bits per heavy atom. The highest BCUT2D eigenvalue weighted by Crippen LogP contribution is 2.47. The number of carbonyl (C=O) groups is 1. The zero-order chi connectivity index (χ0) is 23.5. The van der Waals surface area contributed by atoms with Crippen molar-refractivity contribution in [1.29, 1.82) is 0 Å². The Hall–Kier alpha value is -3.74. The first kappa shape index (κ1) is 21.1. The zero-order valence-electron chi connectivity index (χ0n) is 18.6. The summed E-state index contributed by atoms with van der Waals surface area (Å²) in [4.78, 5) is 19.9. The summed E-state index contributed by atoms with van der Waals surface area (Å²) in [5.74, 6) is -0.740. The van der Waals surface area contributed by atoms with Gasteiger partial charge >= 0.3 is 0 Å². The number of likely N-dealkylation sites (N-methyl/N-ethyl adjacent to an activating group) is 1. The van der Waals surface area contributed by atoms with Crippen LogP contribution in [0.1, 0.15) is 27.8 Å². The number of halogens is 2. The van der Waals surface area contributed by atoms with Gasteiger partial charge in [-0.1, -0.05) is 18.2 Å². The van der Waals surface area contributed by atoms with Crippen molar-refractivity contribution in [2.45, 2.75) is 25.3 Å². The molecule has 1 spiro atoms. The molecule has 0 saturated heterocycles. The van der Waals surface area contributed by atoms with Crippen molar-refractivity contribution < 1.29 is 18.3 Å². The van der Waals surface area contributed by atoms with Crippen LogP contribution >= 0.6 is 0 Å². The largest absolute Gasteiger partial charge is 0.496 e. The minimum absolute atomic E-state index is 0.120. The maximum atomic E-state index is 13.9. The van der Waals surface area contributed by atoms with E-state index in [-0.39, 0.29) is 11.9 Å². The van der Waals surface area contributed by atoms with Gasteiger partial charge in [-0.25, -0.2) is 13.8 Å². The summed E-state index contributed by atoms with van der Waals surface area (Å²) in [5, 5.41) is 0. The normalized spacial score (nSPS) is 19.2. The number of guanidine groups is 1. The number of hydrogen-bond acceptors (Lipinski definition) is 4. The third-order valence-electron chi connectivity index (χ3n) is 6.74. The van der Waals surface area contributed by atoms with Crippen molar-refractivity contribution in [2.75, 3.05) is 14.2 Å². The van der Waals surface area contributed by atoms with E-state index in [4.69, 9.17) is 15.5 Å². The van der Waals surface area contributed by atoms with Gasteiger partial charge in [-0.3, -0.25) is 9.69 Å². The van der Waals surface area contributed by atoms with E-state index in [9.17, 15) is 13.6 Å². The van der Waals surface area contributed by atoms with Gasteiger partial charge in [-0.05, 0) is 83.0 Å². The molecule has 0 saturated carbocycles. The third kappa shape index (κ3) is 3.03. The van der Waals surface area contributed by atoms with E-state index >= 15 is 0 Å². The molecule has 168 valence electrons. The Balaban J connectivity index is 1.82. The molecule has 0 aromatic heterocycles. The van der Waals surface area contributed by atoms with Crippen LogP contribution in [0.25, 0.3) is 11.1 Å². The number of carbonyl (C=O) groups excluding carboxylic acids is 1. The van der Waals surface area contributed by atoms with Crippen LogP contribution in [0.3, 0.4) is 0 Å². The molecule has 7 heteroatoms. The average molecular weight is 447 g/mol. The van der Waals surface area contributed by atoms with E-state index in [0.29, 0.717) is 29.5 Å². The quantitative estimate of drug-likeness (QED) is 0.644. The standard InChI is InChI=1S/C26H23F2N3O2/c1-14-20-7-6-15-4-5-16(17-10-18(27)13-19(28)11-17)12-22(15)26(21(20)8-9-23(14)33-3)24(32)31(2)25(29)30-26/h4-5,8-13H,6-7H2,1-3H3,(H2,29,30). The third-order valence-corrected chi connectivity index (χ3v) is 6.74. The van der Waals surface area contributed by atoms with Crippen LogP contribution in [0.15, 0.2) is 53.5 Å². The number of nitrogens with two attached hydrogens (primary N) is 1. The molecular weight excluding hydrogens is 424 g/mol. The molecule has 5 nitrogen and oxygen atoms in total. The molecule has 5 rings (SSSR count). The van der Waals surface area contributed by atoms with Crippen LogP contribution in [0.2, 0.25) is 0 Å². The number of amides is 1. The van der Waals surface area contributed by atoms with Gasteiger partial charge in [0.2, 0.25) is 0 Å². The molecule has 1 unspecified atom stereocenters. The molecule has 2 aliphatic rings. The molecule has 1 amide bonds. The fourth-order valence-electron chi connectivity index (χ4n) is 5.05. The molecule has 2 N–H and O–H groups in total. The number of aliphatic imine (C=N–C) groups is 1. The molecular formula is C26H23F2N3O2. The van der Waals surface area contributed by atoms with Gasteiger partial charge in [0.1, 0.15) is 17.4 Å². The lowest BCUT2D eigenvalue weighted by molar-refractivity contribution is -0.129. The second-order valence-electron chi connectivity index (χ2n) is 8.49. The topological polar surface area (TPSA) is 67.9 Å². The van der Waals surface area contributed by atoms with Gasteiger partial charge in [0.15, 0.2) is 11.5 Å². The number of fused-ring (bicyclic) bond motifs is 4. The molecule has 3 aromatic carbocycles. The van der Waals surface area contributed by atoms with Crippen molar-refractivity contribution >= 4 is 11.9 Å². The fraction of sp³-hybridized carbons (Fsp3) is 0.231. The maximum absolute atomic E-state index is 13.9. The van der Waals surface area contributed by atoms with Crippen molar-refractivity contribution in [2.24, 2.45) is 10.7 Å². The van der Waals surface area contributed by atoms with Crippen LogP contribution in [0.5, 0.6) is 5.75 Å². The monoisotopic (exact) mass is 447 g/mol. The summed E-state index contributed by atoms with van der Waals surface area (Å²) in [6, 6.07) is 12.6. The molecule has 0 bridgehead atoms. The molecule has 1 atom stereocenters. The van der Waals surface area contributed by atoms with E-state index in [2.05, 4.69) is 0 Å². The average Bonchev–Trinajstić information content (AvgIpc) is 2.93. The highest BCUT2D eigenvalue weighted by molar-refractivity contribution is 6.09. The van der Waals surface area contributed by atoms with Gasteiger partial charge in [0.25, 0.3) is 5.91 Å². The van der Waals surface area contributed by atoms with Crippen molar-refractivity contribution in [1.82, 2.24) is 4.90 Å². The summed E-state index contributed by atoms with van der Waals surface area (Å²) in [7, 11) is 3.22.